The summed E-state index contributed by atoms with van der Waals surface area (Å²) in [7, 11) is -1.67. The molecule has 3 aromatic carbocycles. The standard InChI is InChI=1S/C25H23Cl3N2O8S/c1-4-37-20-8-6-5-7-18(20)29-24(31)13-38-25(32)14-9-23(17(28)10-15(14)26)39(33,34)30-19-11-16(27)21(35-2)12-22(19)36-3/h5-12,30H,4,13H2,1-3H3,(H,29,31). The molecule has 0 bridgehead atoms. The Kier molecular flexibility index (Phi) is 10.1. The van der Waals surface area contributed by atoms with E-state index < -0.39 is 33.4 Å². The number of para-hydroxylation sites is 2. The van der Waals surface area contributed by atoms with Crippen LogP contribution in [-0.4, -0.2) is 47.7 Å². The van der Waals surface area contributed by atoms with Crippen LogP contribution in [0.2, 0.25) is 15.1 Å². The predicted molar refractivity (Wildman–Crippen MR) is 148 cm³/mol. The number of amides is 1. The predicted octanol–water partition coefficient (Wildman–Crippen LogP) is 5.66. The molecule has 0 saturated carbocycles. The second-order valence-electron chi connectivity index (χ2n) is 7.61. The molecule has 0 fully saturated rings. The summed E-state index contributed by atoms with van der Waals surface area (Å²) in [5, 5.41) is 2.24. The molecule has 3 aromatic rings. The van der Waals surface area contributed by atoms with E-state index in [1.165, 1.54) is 26.4 Å². The fourth-order valence-electron chi connectivity index (χ4n) is 3.28. The molecule has 2 N–H and O–H groups in total. The van der Waals surface area contributed by atoms with E-state index >= 15 is 0 Å². The van der Waals surface area contributed by atoms with E-state index in [-0.39, 0.29) is 37.8 Å². The minimum Gasteiger partial charge on any atom is -0.495 e. The summed E-state index contributed by atoms with van der Waals surface area (Å²) in [6.07, 6.45) is 0. The molecule has 3 rings (SSSR count). The van der Waals surface area contributed by atoms with Gasteiger partial charge in [0.15, 0.2) is 6.61 Å². The van der Waals surface area contributed by atoms with Gasteiger partial charge in [-0.25, -0.2) is 13.2 Å². The normalized spacial score (nSPS) is 10.9. The minimum atomic E-state index is -4.39. The number of halogens is 3. The van der Waals surface area contributed by atoms with Gasteiger partial charge in [-0.15, -0.1) is 0 Å². The van der Waals surface area contributed by atoms with E-state index in [9.17, 15) is 18.0 Å². The fourth-order valence-corrected chi connectivity index (χ4v) is 5.43. The Morgan fingerprint density at radius 3 is 2.21 bits per heavy atom. The number of carbonyl (C=O) groups is 2. The number of rotatable bonds is 11. The van der Waals surface area contributed by atoms with Gasteiger partial charge < -0.3 is 24.3 Å². The smallest absolute Gasteiger partial charge is 0.340 e. The summed E-state index contributed by atoms with van der Waals surface area (Å²) in [6.45, 7) is 1.50. The average molecular weight is 618 g/mol. The maximum atomic E-state index is 13.2. The highest BCUT2D eigenvalue weighted by Gasteiger charge is 2.25. The zero-order chi connectivity index (χ0) is 28.7. The van der Waals surface area contributed by atoms with Crippen molar-refractivity contribution < 1.29 is 37.0 Å². The first-order chi connectivity index (χ1) is 18.5. The molecular weight excluding hydrogens is 595 g/mol. The number of hydrogen-bond donors (Lipinski definition) is 2. The number of nitrogens with one attached hydrogen (secondary N) is 2. The first-order valence-electron chi connectivity index (χ1n) is 11.1. The second-order valence-corrected chi connectivity index (χ2v) is 10.5. The molecule has 0 heterocycles. The summed E-state index contributed by atoms with van der Waals surface area (Å²) < 4.78 is 49.5. The van der Waals surface area contributed by atoms with Crippen LogP contribution in [0.15, 0.2) is 53.4 Å². The quantitative estimate of drug-likeness (QED) is 0.264. The van der Waals surface area contributed by atoms with Gasteiger partial charge in [0.1, 0.15) is 22.1 Å². The van der Waals surface area contributed by atoms with Gasteiger partial charge in [0.2, 0.25) is 0 Å². The molecular formula is C25H23Cl3N2O8S. The number of sulfonamides is 1. The fraction of sp³-hybridized carbons (Fsp3) is 0.200. The summed E-state index contributed by atoms with van der Waals surface area (Å²) in [5.74, 6) is -0.888. The maximum absolute atomic E-state index is 13.2. The second kappa shape index (κ2) is 13.1. The summed E-state index contributed by atoms with van der Waals surface area (Å²) in [6, 6.07) is 11.4. The zero-order valence-electron chi connectivity index (χ0n) is 20.8. The lowest BCUT2D eigenvalue weighted by Gasteiger charge is -2.16. The summed E-state index contributed by atoms with van der Waals surface area (Å²) in [5.41, 5.74) is 0.0459. The Bertz CT molecular complexity index is 1500. The van der Waals surface area contributed by atoms with Crippen LogP contribution >= 0.6 is 34.8 Å². The van der Waals surface area contributed by atoms with E-state index in [1.54, 1.807) is 31.2 Å². The van der Waals surface area contributed by atoms with E-state index in [2.05, 4.69) is 10.0 Å². The Labute approximate surface area is 240 Å². The number of hydrogen-bond acceptors (Lipinski definition) is 8. The highest BCUT2D eigenvalue weighted by atomic mass is 35.5. The molecule has 14 heteroatoms. The molecule has 0 saturated heterocycles. The monoisotopic (exact) mass is 616 g/mol. The van der Waals surface area contributed by atoms with Gasteiger partial charge in [0.25, 0.3) is 15.9 Å². The summed E-state index contributed by atoms with van der Waals surface area (Å²) in [4.78, 5) is 24.6. The molecule has 0 atom stereocenters. The van der Waals surface area contributed by atoms with E-state index in [0.717, 1.165) is 12.1 Å². The molecule has 0 spiro atoms. The van der Waals surface area contributed by atoms with Crippen molar-refractivity contribution in [1.29, 1.82) is 0 Å². The SMILES string of the molecule is CCOc1ccccc1NC(=O)COC(=O)c1cc(S(=O)(=O)Nc2cc(Cl)c(OC)cc2OC)c(Cl)cc1Cl. The number of methoxy groups -OCH3 is 2. The Hall–Kier alpha value is -3.38. The summed E-state index contributed by atoms with van der Waals surface area (Å²) >= 11 is 18.4. The molecule has 208 valence electrons. The van der Waals surface area contributed by atoms with Gasteiger partial charge in [-0.2, -0.15) is 0 Å². The molecule has 10 nitrogen and oxygen atoms in total. The van der Waals surface area contributed by atoms with Crippen LogP contribution in [0.5, 0.6) is 17.2 Å². The van der Waals surface area contributed by atoms with E-state index in [1.807, 2.05) is 0 Å². The highest BCUT2D eigenvalue weighted by molar-refractivity contribution is 7.92. The zero-order valence-corrected chi connectivity index (χ0v) is 23.9. The van der Waals surface area contributed by atoms with Gasteiger partial charge in [-0.3, -0.25) is 9.52 Å². The first kappa shape index (κ1) is 30.2. The van der Waals surface area contributed by atoms with Crippen molar-refractivity contribution >= 4 is 68.1 Å². The molecule has 0 radical (unpaired) electrons. The number of anilines is 2. The Balaban J connectivity index is 1.80. The molecule has 0 unspecified atom stereocenters. The van der Waals surface area contributed by atoms with Crippen LogP contribution in [0, 0.1) is 0 Å². The van der Waals surface area contributed by atoms with Crippen molar-refractivity contribution in [3.63, 3.8) is 0 Å². The van der Waals surface area contributed by atoms with Crippen LogP contribution in [0.3, 0.4) is 0 Å². The van der Waals surface area contributed by atoms with Crippen LogP contribution in [0.25, 0.3) is 0 Å². The lowest BCUT2D eigenvalue weighted by molar-refractivity contribution is -0.119. The Morgan fingerprint density at radius 2 is 1.54 bits per heavy atom. The first-order valence-corrected chi connectivity index (χ1v) is 13.7. The highest BCUT2D eigenvalue weighted by Crippen LogP contribution is 2.38. The molecule has 39 heavy (non-hydrogen) atoms. The van der Waals surface area contributed by atoms with Crippen molar-refractivity contribution in [2.45, 2.75) is 11.8 Å². The molecule has 1 amide bonds. The van der Waals surface area contributed by atoms with Crippen molar-refractivity contribution in [2.24, 2.45) is 0 Å². The third kappa shape index (κ3) is 7.39. The van der Waals surface area contributed by atoms with Gasteiger partial charge in [0, 0.05) is 6.07 Å². The lowest BCUT2D eigenvalue weighted by atomic mass is 10.2. The third-order valence-electron chi connectivity index (χ3n) is 5.04. The maximum Gasteiger partial charge on any atom is 0.340 e. The number of carbonyl (C=O) groups excluding carboxylic acids is 2. The molecule has 0 aliphatic carbocycles. The number of benzene rings is 3. The van der Waals surface area contributed by atoms with Crippen molar-refractivity contribution in [3.05, 3.63) is 69.2 Å². The van der Waals surface area contributed by atoms with Crippen molar-refractivity contribution in [3.8, 4) is 17.2 Å². The van der Waals surface area contributed by atoms with Gasteiger partial charge in [-0.05, 0) is 37.3 Å². The van der Waals surface area contributed by atoms with Crippen molar-refractivity contribution in [1.82, 2.24) is 0 Å². The molecule has 0 aromatic heterocycles. The number of ether oxygens (including phenoxy) is 4. The third-order valence-corrected chi connectivity index (χ3v) is 7.48. The topological polar surface area (TPSA) is 129 Å². The van der Waals surface area contributed by atoms with Gasteiger partial charge in [-0.1, -0.05) is 46.9 Å². The minimum absolute atomic E-state index is 0.0116. The van der Waals surface area contributed by atoms with Crippen LogP contribution in [-0.2, 0) is 19.6 Å². The van der Waals surface area contributed by atoms with Crippen molar-refractivity contribution in [2.75, 3.05) is 37.5 Å². The van der Waals surface area contributed by atoms with Crippen LogP contribution < -0.4 is 24.2 Å². The molecule has 0 aliphatic rings. The molecule has 0 aliphatic heterocycles. The van der Waals surface area contributed by atoms with Crippen LogP contribution in [0.4, 0.5) is 11.4 Å². The van der Waals surface area contributed by atoms with Crippen LogP contribution in [0.1, 0.15) is 17.3 Å². The van der Waals surface area contributed by atoms with Gasteiger partial charge in [0.05, 0.1) is 52.8 Å². The average Bonchev–Trinajstić information content (AvgIpc) is 2.88. The van der Waals surface area contributed by atoms with E-state index in [4.69, 9.17) is 53.8 Å². The Morgan fingerprint density at radius 1 is 0.846 bits per heavy atom. The van der Waals surface area contributed by atoms with Gasteiger partial charge >= 0.3 is 5.97 Å². The number of esters is 1. The largest absolute Gasteiger partial charge is 0.495 e. The van der Waals surface area contributed by atoms with E-state index in [0.29, 0.717) is 18.0 Å². The lowest BCUT2D eigenvalue weighted by Crippen LogP contribution is -2.22.